The molecule has 0 saturated carbocycles. The summed E-state index contributed by atoms with van der Waals surface area (Å²) in [5.74, 6) is -0.0534. The third kappa shape index (κ3) is 9.52. The van der Waals surface area contributed by atoms with E-state index in [1.54, 1.807) is 0 Å². The number of ether oxygens (including phenoxy) is 1. The maximum Gasteiger partial charge on any atom is 0.305 e. The van der Waals surface area contributed by atoms with Gasteiger partial charge in [-0.25, -0.2) is 0 Å². The topological polar surface area (TPSA) is 38.3 Å². The highest BCUT2D eigenvalue weighted by atomic mass is 16.5. The molecule has 0 radical (unpaired) electrons. The molecule has 0 aromatic heterocycles. The van der Waals surface area contributed by atoms with Crippen LogP contribution in [0.25, 0.3) is 0 Å². The van der Waals surface area contributed by atoms with Crippen molar-refractivity contribution in [3.63, 3.8) is 0 Å². The predicted molar refractivity (Wildman–Crippen MR) is 58.3 cm³/mol. The Bertz CT molecular complexity index is 137. The summed E-state index contributed by atoms with van der Waals surface area (Å²) in [6, 6.07) is 0. The van der Waals surface area contributed by atoms with Crippen LogP contribution < -0.4 is 5.32 Å². The second-order valence-corrected chi connectivity index (χ2v) is 3.43. The molecule has 1 N–H and O–H groups in total. The van der Waals surface area contributed by atoms with Gasteiger partial charge >= 0.3 is 5.97 Å². The first-order valence-corrected chi connectivity index (χ1v) is 5.67. The zero-order valence-corrected chi connectivity index (χ0v) is 9.47. The van der Waals surface area contributed by atoms with Gasteiger partial charge in [0.15, 0.2) is 0 Å². The van der Waals surface area contributed by atoms with Crippen molar-refractivity contribution in [3.8, 4) is 0 Å². The highest BCUT2D eigenvalue weighted by molar-refractivity contribution is 5.69. The third-order valence-corrected chi connectivity index (χ3v) is 1.92. The largest absolute Gasteiger partial charge is 0.466 e. The fraction of sp³-hybridized carbons (Fsp3) is 0.909. The summed E-state index contributed by atoms with van der Waals surface area (Å²) in [6.07, 6.45) is 4.62. The van der Waals surface area contributed by atoms with Crippen LogP contribution in [0.3, 0.4) is 0 Å². The number of esters is 1. The van der Waals surface area contributed by atoms with Crippen molar-refractivity contribution in [1.82, 2.24) is 5.32 Å². The van der Waals surface area contributed by atoms with Crippen LogP contribution in [0.4, 0.5) is 0 Å². The molecule has 0 aliphatic carbocycles. The summed E-state index contributed by atoms with van der Waals surface area (Å²) in [5, 5.41) is 3.26. The van der Waals surface area contributed by atoms with Gasteiger partial charge in [-0.3, -0.25) is 4.79 Å². The first kappa shape index (κ1) is 13.4. The molecule has 0 aromatic rings. The van der Waals surface area contributed by atoms with E-state index in [2.05, 4.69) is 19.2 Å². The second kappa shape index (κ2) is 10.5. The Morgan fingerprint density at radius 2 is 1.93 bits per heavy atom. The summed E-state index contributed by atoms with van der Waals surface area (Å²) in [7, 11) is 0. The minimum atomic E-state index is -0.0534. The van der Waals surface area contributed by atoms with Gasteiger partial charge in [-0.15, -0.1) is 0 Å². The van der Waals surface area contributed by atoms with Gasteiger partial charge in [0, 0.05) is 6.42 Å². The molecule has 0 aromatic carbocycles. The number of hydrogen-bond acceptors (Lipinski definition) is 3. The molecule has 0 amide bonds. The van der Waals surface area contributed by atoms with E-state index in [0.717, 1.165) is 38.8 Å². The minimum Gasteiger partial charge on any atom is -0.466 e. The number of unbranched alkanes of at least 4 members (excludes halogenated alkanes) is 1. The molecule has 14 heavy (non-hydrogen) atoms. The van der Waals surface area contributed by atoms with Gasteiger partial charge in [-0.1, -0.05) is 20.3 Å². The zero-order chi connectivity index (χ0) is 10.6. The standard InChI is InChI=1S/C11H23NO2/c1-3-5-7-11(13)14-10-6-9-12-8-4-2/h12H,3-10H2,1-2H3. The molecule has 3 nitrogen and oxygen atoms in total. The Labute approximate surface area is 87.2 Å². The van der Waals surface area contributed by atoms with Crippen LogP contribution in [0.1, 0.15) is 46.0 Å². The molecular weight excluding hydrogens is 178 g/mol. The van der Waals surface area contributed by atoms with E-state index in [4.69, 9.17) is 4.74 Å². The lowest BCUT2D eigenvalue weighted by atomic mass is 10.2. The Morgan fingerprint density at radius 3 is 2.57 bits per heavy atom. The maximum atomic E-state index is 11.0. The van der Waals surface area contributed by atoms with Crippen LogP contribution in [0.5, 0.6) is 0 Å². The molecule has 0 aliphatic heterocycles. The van der Waals surface area contributed by atoms with Crippen LogP contribution in [-0.2, 0) is 9.53 Å². The van der Waals surface area contributed by atoms with E-state index in [1.165, 1.54) is 0 Å². The molecule has 0 saturated heterocycles. The van der Waals surface area contributed by atoms with Gasteiger partial charge < -0.3 is 10.1 Å². The normalized spacial score (nSPS) is 10.1. The first-order chi connectivity index (χ1) is 6.81. The van der Waals surface area contributed by atoms with Crippen molar-refractivity contribution in [2.75, 3.05) is 19.7 Å². The molecule has 84 valence electrons. The molecule has 0 unspecified atom stereocenters. The molecule has 0 spiro atoms. The number of nitrogens with one attached hydrogen (secondary N) is 1. The third-order valence-electron chi connectivity index (χ3n) is 1.92. The molecule has 0 heterocycles. The molecule has 0 bridgehead atoms. The quantitative estimate of drug-likeness (QED) is 0.458. The van der Waals surface area contributed by atoms with Gasteiger partial charge in [-0.2, -0.15) is 0 Å². The highest BCUT2D eigenvalue weighted by Crippen LogP contribution is 1.96. The van der Waals surface area contributed by atoms with Crippen molar-refractivity contribution in [1.29, 1.82) is 0 Å². The van der Waals surface area contributed by atoms with Crippen LogP contribution in [-0.4, -0.2) is 25.7 Å². The number of carbonyl (C=O) groups excluding carboxylic acids is 1. The summed E-state index contributed by atoms with van der Waals surface area (Å²) in [6.45, 7) is 6.75. The molecular formula is C11H23NO2. The Morgan fingerprint density at radius 1 is 1.14 bits per heavy atom. The number of carbonyl (C=O) groups is 1. The number of hydrogen-bond donors (Lipinski definition) is 1. The van der Waals surface area contributed by atoms with Gasteiger partial charge in [0.1, 0.15) is 0 Å². The van der Waals surface area contributed by atoms with Crippen LogP contribution in [0.2, 0.25) is 0 Å². The molecule has 0 fully saturated rings. The van der Waals surface area contributed by atoms with E-state index in [-0.39, 0.29) is 5.97 Å². The minimum absolute atomic E-state index is 0.0534. The highest BCUT2D eigenvalue weighted by Gasteiger charge is 2.00. The molecule has 0 atom stereocenters. The lowest BCUT2D eigenvalue weighted by molar-refractivity contribution is -0.143. The van der Waals surface area contributed by atoms with Gasteiger partial charge in [0.2, 0.25) is 0 Å². The van der Waals surface area contributed by atoms with Crippen molar-refractivity contribution in [2.45, 2.75) is 46.0 Å². The van der Waals surface area contributed by atoms with Crippen LogP contribution >= 0.6 is 0 Å². The number of rotatable bonds is 9. The van der Waals surface area contributed by atoms with Crippen LogP contribution in [0.15, 0.2) is 0 Å². The van der Waals surface area contributed by atoms with Crippen molar-refractivity contribution in [3.05, 3.63) is 0 Å². The maximum absolute atomic E-state index is 11.0. The van der Waals surface area contributed by atoms with E-state index in [9.17, 15) is 4.79 Å². The predicted octanol–water partition coefficient (Wildman–Crippen LogP) is 2.11. The van der Waals surface area contributed by atoms with Crippen LogP contribution in [0, 0.1) is 0 Å². The zero-order valence-electron chi connectivity index (χ0n) is 9.47. The lowest BCUT2D eigenvalue weighted by Gasteiger charge is -2.04. The molecule has 3 heteroatoms. The SMILES string of the molecule is CCCCC(=O)OCCCNCCC. The van der Waals surface area contributed by atoms with Crippen molar-refractivity contribution >= 4 is 5.97 Å². The van der Waals surface area contributed by atoms with Gasteiger partial charge in [-0.05, 0) is 32.4 Å². The van der Waals surface area contributed by atoms with E-state index < -0.39 is 0 Å². The molecule has 0 aliphatic rings. The van der Waals surface area contributed by atoms with E-state index >= 15 is 0 Å². The van der Waals surface area contributed by atoms with E-state index in [1.807, 2.05) is 0 Å². The average Bonchev–Trinajstić information content (AvgIpc) is 2.20. The average molecular weight is 201 g/mol. The summed E-state index contributed by atoms with van der Waals surface area (Å²) >= 11 is 0. The second-order valence-electron chi connectivity index (χ2n) is 3.43. The molecule has 0 rings (SSSR count). The fourth-order valence-electron chi connectivity index (χ4n) is 1.08. The lowest BCUT2D eigenvalue weighted by Crippen LogP contribution is -2.18. The van der Waals surface area contributed by atoms with E-state index in [0.29, 0.717) is 13.0 Å². The van der Waals surface area contributed by atoms with Crippen molar-refractivity contribution < 1.29 is 9.53 Å². The van der Waals surface area contributed by atoms with Gasteiger partial charge in [0.25, 0.3) is 0 Å². The summed E-state index contributed by atoms with van der Waals surface area (Å²) in [4.78, 5) is 11.0. The Kier molecular flexibility index (Phi) is 10.1. The monoisotopic (exact) mass is 201 g/mol. The summed E-state index contributed by atoms with van der Waals surface area (Å²) < 4.78 is 5.05. The van der Waals surface area contributed by atoms with Crippen molar-refractivity contribution in [2.24, 2.45) is 0 Å². The Hall–Kier alpha value is -0.570. The van der Waals surface area contributed by atoms with Gasteiger partial charge in [0.05, 0.1) is 6.61 Å². The smallest absolute Gasteiger partial charge is 0.305 e. The Balaban J connectivity index is 3.07. The first-order valence-electron chi connectivity index (χ1n) is 5.67. The fourth-order valence-corrected chi connectivity index (χ4v) is 1.08. The summed E-state index contributed by atoms with van der Waals surface area (Å²) in [5.41, 5.74) is 0.